The lowest BCUT2D eigenvalue weighted by Gasteiger charge is -2.41. The topological polar surface area (TPSA) is 49.9 Å². The molecule has 5 nitrogen and oxygen atoms in total. The Kier molecular flexibility index (Phi) is 6.96. The molecule has 6 heteroatoms. The van der Waals surface area contributed by atoms with Crippen LogP contribution in [0.2, 0.25) is 0 Å². The molecule has 2 aromatic carbocycles. The molecule has 0 aromatic heterocycles. The van der Waals surface area contributed by atoms with Crippen LogP contribution in [0.1, 0.15) is 69.7 Å². The minimum Gasteiger partial charge on any atom is -0.481 e. The van der Waals surface area contributed by atoms with Crippen molar-refractivity contribution in [3.8, 4) is 5.75 Å². The SMILES string of the molecule is CC[C@H](Oc1ccc2c(c1)[C@@H](c1cccc(F)c1)N(C(=O)C(C)(C)C)CC2)C(=O)N1CCCC1. The molecule has 2 aliphatic rings. The number of hydrogen-bond donors (Lipinski definition) is 0. The van der Waals surface area contributed by atoms with Crippen LogP contribution < -0.4 is 4.74 Å². The van der Waals surface area contributed by atoms with Gasteiger partial charge >= 0.3 is 0 Å². The van der Waals surface area contributed by atoms with Crippen molar-refractivity contribution in [2.45, 2.75) is 65.5 Å². The molecule has 0 aliphatic carbocycles. The molecule has 0 spiro atoms. The number of ether oxygens (including phenoxy) is 1. The van der Waals surface area contributed by atoms with Crippen molar-refractivity contribution in [3.63, 3.8) is 0 Å². The summed E-state index contributed by atoms with van der Waals surface area (Å²) < 4.78 is 20.4. The second-order valence-electron chi connectivity index (χ2n) is 10.4. The van der Waals surface area contributed by atoms with E-state index in [1.54, 1.807) is 6.07 Å². The minimum absolute atomic E-state index is 0.0226. The van der Waals surface area contributed by atoms with Crippen molar-refractivity contribution in [1.82, 2.24) is 9.80 Å². The molecule has 0 unspecified atom stereocenters. The zero-order valence-electron chi connectivity index (χ0n) is 20.6. The molecule has 34 heavy (non-hydrogen) atoms. The lowest BCUT2D eigenvalue weighted by molar-refractivity contribution is -0.141. The van der Waals surface area contributed by atoms with Gasteiger partial charge in [0.1, 0.15) is 11.6 Å². The Morgan fingerprint density at radius 3 is 2.47 bits per heavy atom. The first kappa shape index (κ1) is 24.2. The second-order valence-corrected chi connectivity index (χ2v) is 10.4. The van der Waals surface area contributed by atoms with Crippen LogP contribution in [0.25, 0.3) is 0 Å². The summed E-state index contributed by atoms with van der Waals surface area (Å²) in [5, 5.41) is 0. The van der Waals surface area contributed by atoms with Crippen molar-refractivity contribution < 1.29 is 18.7 Å². The van der Waals surface area contributed by atoms with Crippen LogP contribution >= 0.6 is 0 Å². The molecule has 2 heterocycles. The molecule has 2 aliphatic heterocycles. The molecular formula is C28H35FN2O3. The number of nitrogens with zero attached hydrogens (tertiary/aromatic N) is 2. The Bertz CT molecular complexity index is 1060. The first-order valence-corrected chi connectivity index (χ1v) is 12.3. The Hall–Kier alpha value is -2.89. The fourth-order valence-corrected chi connectivity index (χ4v) is 4.97. The van der Waals surface area contributed by atoms with Gasteiger partial charge in [0.05, 0.1) is 6.04 Å². The normalized spacial score (nSPS) is 19.0. The number of fused-ring (bicyclic) bond motifs is 1. The molecule has 0 bridgehead atoms. The van der Waals surface area contributed by atoms with E-state index in [9.17, 15) is 14.0 Å². The fraction of sp³-hybridized carbons (Fsp3) is 0.500. The van der Waals surface area contributed by atoms with Crippen LogP contribution in [0.3, 0.4) is 0 Å². The van der Waals surface area contributed by atoms with E-state index in [2.05, 4.69) is 0 Å². The molecule has 182 valence electrons. The Labute approximate surface area is 201 Å². The molecule has 1 saturated heterocycles. The maximum absolute atomic E-state index is 14.2. The average molecular weight is 467 g/mol. The summed E-state index contributed by atoms with van der Waals surface area (Å²) in [7, 11) is 0. The Morgan fingerprint density at radius 2 is 1.82 bits per heavy atom. The third-order valence-electron chi connectivity index (χ3n) is 6.75. The van der Waals surface area contributed by atoms with Gasteiger partial charge in [-0.15, -0.1) is 0 Å². The van der Waals surface area contributed by atoms with E-state index >= 15 is 0 Å². The highest BCUT2D eigenvalue weighted by molar-refractivity contribution is 5.83. The van der Waals surface area contributed by atoms with Crippen LogP contribution in [-0.4, -0.2) is 47.4 Å². The number of halogens is 1. The standard InChI is InChI=1S/C28H35FN2O3/c1-5-24(26(32)30-14-6-7-15-30)34-22-12-11-19-13-16-31(27(33)28(2,3)4)25(23(19)18-22)20-9-8-10-21(29)17-20/h8-12,17-18,24-25H,5-7,13-16H2,1-4H3/t24-,25+/m0/s1. The number of rotatable bonds is 5. The fourth-order valence-electron chi connectivity index (χ4n) is 4.97. The third-order valence-corrected chi connectivity index (χ3v) is 6.75. The average Bonchev–Trinajstić information content (AvgIpc) is 3.35. The minimum atomic E-state index is -0.563. The van der Waals surface area contributed by atoms with Gasteiger partial charge in [-0.3, -0.25) is 9.59 Å². The Morgan fingerprint density at radius 1 is 1.09 bits per heavy atom. The second kappa shape index (κ2) is 9.77. The highest BCUT2D eigenvalue weighted by Crippen LogP contribution is 2.39. The van der Waals surface area contributed by atoms with E-state index in [0.717, 1.165) is 42.6 Å². The van der Waals surface area contributed by atoms with Gasteiger partial charge in [-0.1, -0.05) is 45.9 Å². The zero-order chi connectivity index (χ0) is 24.5. The van der Waals surface area contributed by atoms with Gasteiger partial charge < -0.3 is 14.5 Å². The predicted octanol–water partition coefficient (Wildman–Crippen LogP) is 5.13. The van der Waals surface area contributed by atoms with E-state index < -0.39 is 17.6 Å². The molecular weight excluding hydrogens is 431 g/mol. The smallest absolute Gasteiger partial charge is 0.263 e. The summed E-state index contributed by atoms with van der Waals surface area (Å²) in [6.07, 6.45) is 2.82. The number of hydrogen-bond acceptors (Lipinski definition) is 3. The summed E-state index contributed by atoms with van der Waals surface area (Å²) >= 11 is 0. The number of carbonyl (C=O) groups is 2. The summed E-state index contributed by atoms with van der Waals surface area (Å²) in [6, 6.07) is 11.9. The van der Waals surface area contributed by atoms with Gasteiger partial charge in [-0.2, -0.15) is 0 Å². The number of amides is 2. The van der Waals surface area contributed by atoms with Crippen LogP contribution in [0.15, 0.2) is 42.5 Å². The monoisotopic (exact) mass is 466 g/mol. The van der Waals surface area contributed by atoms with Crippen molar-refractivity contribution in [3.05, 3.63) is 65.0 Å². The van der Waals surface area contributed by atoms with E-state index in [1.807, 2.05) is 61.8 Å². The van der Waals surface area contributed by atoms with Crippen molar-refractivity contribution in [2.75, 3.05) is 19.6 Å². The first-order valence-electron chi connectivity index (χ1n) is 12.3. The lowest BCUT2D eigenvalue weighted by Crippen LogP contribution is -2.45. The molecule has 0 radical (unpaired) electrons. The third kappa shape index (κ3) is 4.96. The molecule has 1 fully saturated rings. The summed E-state index contributed by atoms with van der Waals surface area (Å²) in [4.78, 5) is 30.1. The maximum atomic E-state index is 14.2. The number of benzene rings is 2. The summed E-state index contributed by atoms with van der Waals surface area (Å²) in [5.41, 5.74) is 2.21. The quantitative estimate of drug-likeness (QED) is 0.614. The number of carbonyl (C=O) groups excluding carboxylic acids is 2. The molecule has 0 N–H and O–H groups in total. The van der Waals surface area contributed by atoms with Gasteiger partial charge in [-0.05, 0) is 66.6 Å². The van der Waals surface area contributed by atoms with E-state index in [-0.39, 0.29) is 17.6 Å². The first-order chi connectivity index (χ1) is 16.2. The van der Waals surface area contributed by atoms with Gasteiger partial charge in [0.2, 0.25) is 5.91 Å². The Balaban J connectivity index is 1.70. The van der Waals surface area contributed by atoms with Crippen molar-refractivity contribution in [2.24, 2.45) is 5.41 Å². The largest absolute Gasteiger partial charge is 0.481 e. The van der Waals surface area contributed by atoms with Gasteiger partial charge in [0, 0.05) is 25.0 Å². The van der Waals surface area contributed by atoms with Crippen LogP contribution in [0.5, 0.6) is 5.75 Å². The molecule has 4 rings (SSSR count). The molecule has 2 atom stereocenters. The van der Waals surface area contributed by atoms with Crippen LogP contribution in [-0.2, 0) is 16.0 Å². The number of likely N-dealkylation sites (tertiary alicyclic amines) is 1. The molecule has 2 aromatic rings. The molecule has 0 saturated carbocycles. The van der Waals surface area contributed by atoms with E-state index in [1.165, 1.54) is 12.1 Å². The van der Waals surface area contributed by atoms with Crippen LogP contribution in [0, 0.1) is 11.2 Å². The lowest BCUT2D eigenvalue weighted by atomic mass is 9.85. The predicted molar refractivity (Wildman–Crippen MR) is 130 cm³/mol. The summed E-state index contributed by atoms with van der Waals surface area (Å²) in [5.74, 6) is 0.324. The van der Waals surface area contributed by atoms with Crippen LogP contribution in [0.4, 0.5) is 4.39 Å². The summed E-state index contributed by atoms with van der Waals surface area (Å²) in [6.45, 7) is 9.81. The van der Waals surface area contributed by atoms with E-state index in [0.29, 0.717) is 25.1 Å². The molecule has 2 amide bonds. The van der Waals surface area contributed by atoms with Crippen molar-refractivity contribution >= 4 is 11.8 Å². The maximum Gasteiger partial charge on any atom is 0.263 e. The van der Waals surface area contributed by atoms with Gasteiger partial charge in [0.25, 0.3) is 5.91 Å². The highest BCUT2D eigenvalue weighted by Gasteiger charge is 2.37. The van der Waals surface area contributed by atoms with E-state index in [4.69, 9.17) is 4.74 Å². The van der Waals surface area contributed by atoms with Gasteiger partial charge in [-0.25, -0.2) is 4.39 Å². The zero-order valence-corrected chi connectivity index (χ0v) is 20.6. The highest BCUT2D eigenvalue weighted by atomic mass is 19.1. The van der Waals surface area contributed by atoms with Crippen molar-refractivity contribution in [1.29, 1.82) is 0 Å². The van der Waals surface area contributed by atoms with Gasteiger partial charge in [0.15, 0.2) is 6.10 Å².